The molecule has 0 aliphatic carbocycles. The number of rotatable bonds is 5. The van der Waals surface area contributed by atoms with Crippen LogP contribution < -0.4 is 0 Å². The highest BCUT2D eigenvalue weighted by atomic mass is 16.5. The third kappa shape index (κ3) is 3.14. The lowest BCUT2D eigenvalue weighted by Gasteiger charge is -2.27. The van der Waals surface area contributed by atoms with E-state index in [1.54, 1.807) is 7.11 Å². The second-order valence-corrected chi connectivity index (χ2v) is 5.26. The molecule has 0 bridgehead atoms. The van der Waals surface area contributed by atoms with Crippen LogP contribution in [0.3, 0.4) is 0 Å². The second kappa shape index (κ2) is 6.18. The van der Waals surface area contributed by atoms with E-state index in [2.05, 4.69) is 25.3 Å². The van der Waals surface area contributed by atoms with Gasteiger partial charge < -0.3 is 9.47 Å². The summed E-state index contributed by atoms with van der Waals surface area (Å²) in [6.45, 7) is 10.8. The first-order valence-corrected chi connectivity index (χ1v) is 6.65. The summed E-state index contributed by atoms with van der Waals surface area (Å²) in [6, 6.07) is 10.3. The number of methoxy groups -OCH3 is 1. The Bertz CT molecular complexity index is 450. The molecular formula is C17H22O2. The van der Waals surface area contributed by atoms with Crippen molar-refractivity contribution in [2.45, 2.75) is 25.6 Å². The molecule has 0 aromatic heterocycles. The van der Waals surface area contributed by atoms with Gasteiger partial charge in [0.05, 0.1) is 18.8 Å². The van der Waals surface area contributed by atoms with Gasteiger partial charge in [-0.3, -0.25) is 0 Å². The molecule has 2 heteroatoms. The standard InChI is InChI=1S/C17H22O2/c1-12(2)10-15-16(13(3)11-19-15)17(18-4)14-8-6-5-7-9-14/h5-9,15-17H,1,3,10-11H2,2,4H3/t15-,16+,17-/m0/s1. The summed E-state index contributed by atoms with van der Waals surface area (Å²) in [5.41, 5.74) is 3.42. The zero-order valence-corrected chi connectivity index (χ0v) is 11.8. The fraction of sp³-hybridized carbons (Fsp3) is 0.412. The zero-order chi connectivity index (χ0) is 13.8. The molecule has 102 valence electrons. The first-order valence-electron chi connectivity index (χ1n) is 6.65. The Morgan fingerprint density at radius 3 is 2.68 bits per heavy atom. The van der Waals surface area contributed by atoms with Crippen LogP contribution in [0.1, 0.15) is 25.0 Å². The molecule has 3 atom stereocenters. The molecule has 19 heavy (non-hydrogen) atoms. The number of hydrogen-bond donors (Lipinski definition) is 0. The van der Waals surface area contributed by atoms with E-state index in [1.807, 2.05) is 25.1 Å². The van der Waals surface area contributed by atoms with Gasteiger partial charge in [-0.2, -0.15) is 0 Å². The molecule has 0 unspecified atom stereocenters. The van der Waals surface area contributed by atoms with E-state index in [0.29, 0.717) is 6.61 Å². The Kier molecular flexibility index (Phi) is 4.56. The van der Waals surface area contributed by atoms with Gasteiger partial charge in [0.25, 0.3) is 0 Å². The van der Waals surface area contributed by atoms with Crippen LogP contribution in [-0.4, -0.2) is 19.8 Å². The van der Waals surface area contributed by atoms with Crippen LogP contribution in [0.5, 0.6) is 0 Å². The fourth-order valence-electron chi connectivity index (χ4n) is 2.75. The SMILES string of the molecule is C=C(C)C[C@@H]1OCC(=C)[C@H]1[C@@H](OC)c1ccccc1. The van der Waals surface area contributed by atoms with Crippen molar-refractivity contribution in [1.82, 2.24) is 0 Å². The Labute approximate surface area is 115 Å². The minimum absolute atomic E-state index is 0.000509. The number of ether oxygens (including phenoxy) is 2. The molecule has 1 aromatic rings. The average Bonchev–Trinajstić information content (AvgIpc) is 2.73. The van der Waals surface area contributed by atoms with E-state index in [4.69, 9.17) is 9.47 Å². The molecule has 0 amide bonds. The van der Waals surface area contributed by atoms with E-state index in [9.17, 15) is 0 Å². The van der Waals surface area contributed by atoms with E-state index >= 15 is 0 Å². The number of hydrogen-bond acceptors (Lipinski definition) is 2. The smallest absolute Gasteiger partial charge is 0.0912 e. The summed E-state index contributed by atoms with van der Waals surface area (Å²) in [6.07, 6.45) is 0.979. The highest BCUT2D eigenvalue weighted by molar-refractivity contribution is 5.24. The van der Waals surface area contributed by atoms with Crippen LogP contribution in [0.25, 0.3) is 0 Å². The predicted octanol–water partition coefficient (Wildman–Crippen LogP) is 3.91. The maximum absolute atomic E-state index is 5.85. The molecule has 0 N–H and O–H groups in total. The minimum atomic E-state index is 0.000509. The van der Waals surface area contributed by atoms with E-state index < -0.39 is 0 Å². The Balaban J connectivity index is 2.24. The lowest BCUT2D eigenvalue weighted by Crippen LogP contribution is -2.25. The number of benzene rings is 1. The highest BCUT2D eigenvalue weighted by Crippen LogP contribution is 2.40. The molecule has 2 rings (SSSR count). The Morgan fingerprint density at radius 1 is 1.42 bits per heavy atom. The predicted molar refractivity (Wildman–Crippen MR) is 78.0 cm³/mol. The van der Waals surface area contributed by atoms with Crippen molar-refractivity contribution in [2.75, 3.05) is 13.7 Å². The topological polar surface area (TPSA) is 18.5 Å². The zero-order valence-electron chi connectivity index (χ0n) is 11.8. The third-order valence-corrected chi connectivity index (χ3v) is 3.61. The minimum Gasteiger partial charge on any atom is -0.376 e. The van der Waals surface area contributed by atoms with Gasteiger partial charge >= 0.3 is 0 Å². The monoisotopic (exact) mass is 258 g/mol. The Morgan fingerprint density at radius 2 is 2.11 bits per heavy atom. The van der Waals surface area contributed by atoms with Gasteiger partial charge in [0.15, 0.2) is 0 Å². The lowest BCUT2D eigenvalue weighted by atomic mass is 9.85. The van der Waals surface area contributed by atoms with Gasteiger partial charge in [-0.1, -0.05) is 42.5 Å². The van der Waals surface area contributed by atoms with Gasteiger partial charge in [0, 0.05) is 13.0 Å². The van der Waals surface area contributed by atoms with Gasteiger partial charge in [-0.25, -0.2) is 0 Å². The van der Waals surface area contributed by atoms with Crippen LogP contribution in [0.15, 0.2) is 54.6 Å². The first kappa shape index (κ1) is 14.0. The van der Waals surface area contributed by atoms with Crippen LogP contribution in [-0.2, 0) is 9.47 Å². The fourth-order valence-corrected chi connectivity index (χ4v) is 2.75. The maximum atomic E-state index is 5.85. The first-order chi connectivity index (χ1) is 9.13. The Hall–Kier alpha value is -1.38. The molecule has 1 saturated heterocycles. The van der Waals surface area contributed by atoms with Crippen molar-refractivity contribution < 1.29 is 9.47 Å². The van der Waals surface area contributed by atoms with Crippen molar-refractivity contribution in [3.63, 3.8) is 0 Å². The highest BCUT2D eigenvalue weighted by Gasteiger charge is 2.38. The summed E-state index contributed by atoms with van der Waals surface area (Å²) < 4.78 is 11.6. The molecule has 0 saturated carbocycles. The molecule has 0 radical (unpaired) electrons. The van der Waals surface area contributed by atoms with Crippen molar-refractivity contribution in [3.05, 3.63) is 60.2 Å². The third-order valence-electron chi connectivity index (χ3n) is 3.61. The molecule has 1 fully saturated rings. The van der Waals surface area contributed by atoms with Gasteiger partial charge in [-0.05, 0) is 24.5 Å². The summed E-state index contributed by atoms with van der Waals surface area (Å²) in [5, 5.41) is 0. The van der Waals surface area contributed by atoms with Gasteiger partial charge in [-0.15, -0.1) is 6.58 Å². The molecule has 1 heterocycles. The van der Waals surface area contributed by atoms with Crippen LogP contribution in [0.4, 0.5) is 0 Å². The van der Waals surface area contributed by atoms with Crippen LogP contribution in [0, 0.1) is 5.92 Å². The van der Waals surface area contributed by atoms with Crippen LogP contribution in [0.2, 0.25) is 0 Å². The molecular weight excluding hydrogens is 236 g/mol. The van der Waals surface area contributed by atoms with Gasteiger partial charge in [0.2, 0.25) is 0 Å². The summed E-state index contributed by atoms with van der Waals surface area (Å²) in [5.74, 6) is 0.198. The van der Waals surface area contributed by atoms with E-state index in [-0.39, 0.29) is 18.1 Å². The molecule has 2 nitrogen and oxygen atoms in total. The van der Waals surface area contributed by atoms with Crippen molar-refractivity contribution in [2.24, 2.45) is 5.92 Å². The molecule has 1 aromatic carbocycles. The lowest BCUT2D eigenvalue weighted by molar-refractivity contribution is 0.0100. The maximum Gasteiger partial charge on any atom is 0.0912 e. The van der Waals surface area contributed by atoms with Crippen LogP contribution >= 0.6 is 0 Å². The summed E-state index contributed by atoms with van der Waals surface area (Å²) in [4.78, 5) is 0. The average molecular weight is 258 g/mol. The van der Waals surface area contributed by atoms with Crippen molar-refractivity contribution in [3.8, 4) is 0 Å². The molecule has 0 spiro atoms. The normalized spacial score (nSPS) is 24.4. The summed E-state index contributed by atoms with van der Waals surface area (Å²) in [7, 11) is 1.75. The van der Waals surface area contributed by atoms with Gasteiger partial charge in [0.1, 0.15) is 0 Å². The quantitative estimate of drug-likeness (QED) is 0.745. The second-order valence-electron chi connectivity index (χ2n) is 5.26. The van der Waals surface area contributed by atoms with E-state index in [1.165, 1.54) is 5.56 Å². The van der Waals surface area contributed by atoms with E-state index in [0.717, 1.165) is 17.6 Å². The molecule has 1 aliphatic rings. The largest absolute Gasteiger partial charge is 0.376 e. The summed E-state index contributed by atoms with van der Waals surface area (Å²) >= 11 is 0. The van der Waals surface area contributed by atoms with Crippen molar-refractivity contribution in [1.29, 1.82) is 0 Å². The molecule has 1 aliphatic heterocycles. The van der Waals surface area contributed by atoms with Crippen molar-refractivity contribution >= 4 is 0 Å².